The molecule has 4 N–H and O–H groups in total. The van der Waals surface area contributed by atoms with Gasteiger partial charge in [-0.1, -0.05) is 33.1 Å². The number of nitrogens with zero attached hydrogens (tertiary/aromatic N) is 1. The summed E-state index contributed by atoms with van der Waals surface area (Å²) in [7, 11) is 1.73. The fraction of sp³-hybridized carbons (Fsp3) is 0.857. The van der Waals surface area contributed by atoms with Crippen LogP contribution >= 0.6 is 0 Å². The van der Waals surface area contributed by atoms with Gasteiger partial charge in [0.05, 0.1) is 0 Å². The third-order valence-corrected chi connectivity index (χ3v) is 4.39. The molecule has 2 unspecified atom stereocenters. The quantitative estimate of drug-likeness (QED) is 0.795. The number of nitrogens with two attached hydrogens (primary N) is 2. The van der Waals surface area contributed by atoms with Gasteiger partial charge in [-0.2, -0.15) is 0 Å². The highest BCUT2D eigenvalue weighted by atomic mass is 16.2. The lowest BCUT2D eigenvalue weighted by atomic mass is 9.70. The molecule has 19 heavy (non-hydrogen) atoms. The van der Waals surface area contributed by atoms with E-state index in [1.807, 2.05) is 13.8 Å². The van der Waals surface area contributed by atoms with Crippen LogP contribution in [-0.2, 0) is 4.79 Å². The van der Waals surface area contributed by atoms with Gasteiger partial charge in [0.15, 0.2) is 0 Å². The highest BCUT2D eigenvalue weighted by molar-refractivity contribution is 5.79. The Kier molecular flexibility index (Phi) is 5.20. The predicted molar refractivity (Wildman–Crippen MR) is 75.3 cm³/mol. The Balaban J connectivity index is 2.67. The van der Waals surface area contributed by atoms with Crippen molar-refractivity contribution in [1.82, 2.24) is 4.90 Å². The molecule has 0 aromatic carbocycles. The van der Waals surface area contributed by atoms with Crippen LogP contribution in [-0.4, -0.2) is 30.4 Å². The summed E-state index contributed by atoms with van der Waals surface area (Å²) in [4.78, 5) is 24.2. The molecule has 1 fully saturated rings. The van der Waals surface area contributed by atoms with E-state index in [0.717, 1.165) is 19.3 Å². The Bertz CT molecular complexity index is 342. The summed E-state index contributed by atoms with van der Waals surface area (Å²) in [5.74, 6) is 0.614. The van der Waals surface area contributed by atoms with Crippen molar-refractivity contribution in [3.05, 3.63) is 0 Å². The van der Waals surface area contributed by atoms with Crippen molar-refractivity contribution in [2.75, 3.05) is 13.6 Å². The van der Waals surface area contributed by atoms with E-state index < -0.39 is 11.4 Å². The molecule has 2 atom stereocenters. The van der Waals surface area contributed by atoms with Crippen molar-refractivity contribution in [3.8, 4) is 0 Å². The zero-order valence-corrected chi connectivity index (χ0v) is 12.3. The van der Waals surface area contributed by atoms with Crippen LogP contribution in [0.25, 0.3) is 0 Å². The summed E-state index contributed by atoms with van der Waals surface area (Å²) < 4.78 is 0. The summed E-state index contributed by atoms with van der Waals surface area (Å²) in [6.07, 6.45) is 5.37. The molecule has 0 bridgehead atoms. The molecule has 110 valence electrons. The summed E-state index contributed by atoms with van der Waals surface area (Å²) in [6.45, 7) is 4.48. The van der Waals surface area contributed by atoms with Gasteiger partial charge in [-0.25, -0.2) is 4.79 Å². The lowest BCUT2D eigenvalue weighted by molar-refractivity contribution is -0.127. The molecule has 0 aliphatic heterocycles. The van der Waals surface area contributed by atoms with Gasteiger partial charge < -0.3 is 16.4 Å². The van der Waals surface area contributed by atoms with Gasteiger partial charge in [-0.15, -0.1) is 0 Å². The van der Waals surface area contributed by atoms with E-state index in [-0.39, 0.29) is 5.91 Å². The van der Waals surface area contributed by atoms with E-state index in [9.17, 15) is 9.59 Å². The Labute approximate surface area is 115 Å². The maximum Gasteiger partial charge on any atom is 0.314 e. The van der Waals surface area contributed by atoms with Crippen LogP contribution in [0.5, 0.6) is 0 Å². The first kappa shape index (κ1) is 15.8. The molecular weight excluding hydrogens is 242 g/mol. The van der Waals surface area contributed by atoms with E-state index in [4.69, 9.17) is 11.5 Å². The lowest BCUT2D eigenvalue weighted by Crippen LogP contribution is -2.41. The first-order valence-corrected chi connectivity index (χ1v) is 7.04. The van der Waals surface area contributed by atoms with E-state index in [1.54, 1.807) is 11.9 Å². The molecule has 1 aliphatic carbocycles. The Morgan fingerprint density at radius 3 is 2.16 bits per heavy atom. The fourth-order valence-corrected chi connectivity index (χ4v) is 2.99. The molecule has 5 heteroatoms. The van der Waals surface area contributed by atoms with Crippen LogP contribution in [0.3, 0.4) is 0 Å². The minimum Gasteiger partial charge on any atom is -0.369 e. The predicted octanol–water partition coefficient (Wildman–Crippen LogP) is 1.70. The zero-order chi connectivity index (χ0) is 14.6. The fourth-order valence-electron chi connectivity index (χ4n) is 2.99. The summed E-state index contributed by atoms with van der Waals surface area (Å²) in [6, 6.07) is -0.390. The number of primary amides is 2. The SMILES string of the molecule is CN(CC1CCCCC1CC(C)(C)C(N)=O)C(N)=O. The molecule has 0 spiro atoms. The lowest BCUT2D eigenvalue weighted by Gasteiger charge is -2.37. The van der Waals surface area contributed by atoms with Crippen molar-refractivity contribution >= 4 is 11.9 Å². The third-order valence-electron chi connectivity index (χ3n) is 4.39. The van der Waals surface area contributed by atoms with Gasteiger partial charge in [0.1, 0.15) is 0 Å². The number of rotatable bonds is 5. The van der Waals surface area contributed by atoms with Gasteiger partial charge in [-0.05, 0) is 24.7 Å². The van der Waals surface area contributed by atoms with Gasteiger partial charge in [0.25, 0.3) is 0 Å². The third kappa shape index (κ3) is 4.40. The normalized spacial score (nSPS) is 23.9. The number of urea groups is 1. The van der Waals surface area contributed by atoms with E-state index in [1.165, 1.54) is 12.8 Å². The van der Waals surface area contributed by atoms with Gasteiger partial charge in [-0.3, -0.25) is 4.79 Å². The van der Waals surface area contributed by atoms with E-state index in [0.29, 0.717) is 18.4 Å². The second-order valence-electron chi connectivity index (χ2n) is 6.48. The monoisotopic (exact) mass is 269 g/mol. The standard InChI is InChI=1S/C14H27N3O2/c1-14(2,12(15)18)8-10-6-4-5-7-11(10)9-17(3)13(16)19/h10-11H,4-9H2,1-3H3,(H2,15,18)(H2,16,19). The van der Waals surface area contributed by atoms with Crippen LogP contribution in [0.4, 0.5) is 4.79 Å². The summed E-state index contributed by atoms with van der Waals surface area (Å²) in [5, 5.41) is 0. The van der Waals surface area contributed by atoms with Crippen LogP contribution in [0.2, 0.25) is 0 Å². The van der Waals surface area contributed by atoms with Gasteiger partial charge in [0, 0.05) is 19.0 Å². The first-order chi connectivity index (χ1) is 8.74. The molecule has 1 rings (SSSR count). The minimum absolute atomic E-state index is 0.250. The van der Waals surface area contributed by atoms with Gasteiger partial charge >= 0.3 is 6.03 Å². The molecule has 5 nitrogen and oxygen atoms in total. The summed E-state index contributed by atoms with van der Waals surface area (Å²) >= 11 is 0. The van der Waals surface area contributed by atoms with E-state index in [2.05, 4.69) is 0 Å². The van der Waals surface area contributed by atoms with Crippen molar-refractivity contribution in [1.29, 1.82) is 0 Å². The Hall–Kier alpha value is -1.26. The van der Waals surface area contributed by atoms with Crippen LogP contribution < -0.4 is 11.5 Å². The van der Waals surface area contributed by atoms with Crippen molar-refractivity contribution in [2.45, 2.75) is 46.0 Å². The van der Waals surface area contributed by atoms with Crippen molar-refractivity contribution in [3.63, 3.8) is 0 Å². The molecule has 0 heterocycles. The average Bonchev–Trinajstić information content (AvgIpc) is 2.30. The Morgan fingerprint density at radius 1 is 1.16 bits per heavy atom. The largest absolute Gasteiger partial charge is 0.369 e. The topological polar surface area (TPSA) is 89.4 Å². The molecule has 0 aromatic rings. The zero-order valence-electron chi connectivity index (χ0n) is 12.3. The second kappa shape index (κ2) is 6.26. The number of amides is 3. The minimum atomic E-state index is -0.481. The van der Waals surface area contributed by atoms with Crippen LogP contribution in [0.1, 0.15) is 46.0 Å². The van der Waals surface area contributed by atoms with E-state index >= 15 is 0 Å². The molecule has 0 saturated heterocycles. The number of carbonyl (C=O) groups excluding carboxylic acids is 2. The maximum atomic E-state index is 11.5. The molecule has 1 saturated carbocycles. The number of hydrogen-bond donors (Lipinski definition) is 2. The second-order valence-corrected chi connectivity index (χ2v) is 6.48. The molecule has 3 amide bonds. The van der Waals surface area contributed by atoms with Crippen LogP contribution in [0, 0.1) is 17.3 Å². The molecule has 1 aliphatic rings. The van der Waals surface area contributed by atoms with Crippen molar-refractivity contribution < 1.29 is 9.59 Å². The molecular formula is C14H27N3O2. The molecule has 0 radical (unpaired) electrons. The van der Waals surface area contributed by atoms with Crippen LogP contribution in [0.15, 0.2) is 0 Å². The average molecular weight is 269 g/mol. The highest BCUT2D eigenvalue weighted by Gasteiger charge is 2.34. The summed E-state index contributed by atoms with van der Waals surface area (Å²) in [5.41, 5.74) is 10.3. The maximum absolute atomic E-state index is 11.5. The van der Waals surface area contributed by atoms with Crippen molar-refractivity contribution in [2.24, 2.45) is 28.7 Å². The molecule has 0 aromatic heterocycles. The first-order valence-electron chi connectivity index (χ1n) is 7.04. The number of hydrogen-bond acceptors (Lipinski definition) is 2. The number of carbonyl (C=O) groups is 2. The highest BCUT2D eigenvalue weighted by Crippen LogP contribution is 2.38. The Morgan fingerprint density at radius 2 is 1.68 bits per heavy atom. The smallest absolute Gasteiger partial charge is 0.314 e. The van der Waals surface area contributed by atoms with Gasteiger partial charge in [0.2, 0.25) is 5.91 Å².